The van der Waals surface area contributed by atoms with Crippen LogP contribution in [0.3, 0.4) is 0 Å². The molecule has 0 saturated heterocycles. The highest BCUT2D eigenvalue weighted by Crippen LogP contribution is 2.25. The minimum Gasteiger partial charge on any atom is -0.348 e. The van der Waals surface area contributed by atoms with Crippen LogP contribution in [0.5, 0.6) is 0 Å². The average Bonchev–Trinajstić information content (AvgIpc) is 2.92. The van der Waals surface area contributed by atoms with E-state index in [1.54, 1.807) is 11.3 Å². The molecule has 0 unspecified atom stereocenters. The van der Waals surface area contributed by atoms with Crippen LogP contribution in [0.25, 0.3) is 0 Å². The molecule has 1 N–H and O–H groups in total. The first-order valence-electron chi connectivity index (χ1n) is 6.63. The summed E-state index contributed by atoms with van der Waals surface area (Å²) in [7, 11) is 0. The summed E-state index contributed by atoms with van der Waals surface area (Å²) in [5.41, 5.74) is 1.03. The summed E-state index contributed by atoms with van der Waals surface area (Å²) in [5.74, 6) is 0.446. The lowest BCUT2D eigenvalue weighted by Crippen LogP contribution is -2.32. The molecule has 1 aromatic carbocycles. The molecule has 2 aromatic rings. The van der Waals surface area contributed by atoms with E-state index in [4.69, 9.17) is 0 Å². The van der Waals surface area contributed by atoms with Crippen molar-refractivity contribution in [3.8, 4) is 0 Å². The van der Waals surface area contributed by atoms with Crippen molar-refractivity contribution in [1.82, 2.24) is 5.32 Å². The van der Waals surface area contributed by atoms with Crippen molar-refractivity contribution in [1.29, 1.82) is 0 Å². The largest absolute Gasteiger partial charge is 0.348 e. The van der Waals surface area contributed by atoms with E-state index in [0.29, 0.717) is 12.3 Å². The highest BCUT2D eigenvalue weighted by Gasteiger charge is 2.19. The molecule has 106 valence electrons. The van der Waals surface area contributed by atoms with Crippen molar-refractivity contribution in [2.45, 2.75) is 26.3 Å². The lowest BCUT2D eigenvalue weighted by molar-refractivity contribution is -0.121. The van der Waals surface area contributed by atoms with Crippen LogP contribution < -0.4 is 5.32 Å². The second kappa shape index (κ2) is 7.04. The summed E-state index contributed by atoms with van der Waals surface area (Å²) in [5, 5.41) is 5.19. The van der Waals surface area contributed by atoms with Crippen LogP contribution in [0.2, 0.25) is 0 Å². The van der Waals surface area contributed by atoms with Gasteiger partial charge in [-0.25, -0.2) is 0 Å². The maximum absolute atomic E-state index is 12.2. The van der Waals surface area contributed by atoms with E-state index >= 15 is 0 Å². The summed E-state index contributed by atoms with van der Waals surface area (Å²) in [6.45, 7) is 4.26. The summed E-state index contributed by atoms with van der Waals surface area (Å²) < 4.78 is 1.03. The van der Waals surface area contributed by atoms with Crippen molar-refractivity contribution < 1.29 is 4.79 Å². The number of thiophene rings is 1. The topological polar surface area (TPSA) is 29.1 Å². The van der Waals surface area contributed by atoms with E-state index in [-0.39, 0.29) is 11.9 Å². The SMILES string of the molecule is CC(C)[C@H](NC(=O)Cc1ccc(Br)cc1)c1cccs1. The van der Waals surface area contributed by atoms with Gasteiger partial charge < -0.3 is 5.32 Å². The van der Waals surface area contributed by atoms with Gasteiger partial charge in [-0.3, -0.25) is 4.79 Å². The highest BCUT2D eigenvalue weighted by atomic mass is 79.9. The second-order valence-corrected chi connectivity index (χ2v) is 7.00. The van der Waals surface area contributed by atoms with E-state index in [2.05, 4.69) is 41.2 Å². The van der Waals surface area contributed by atoms with Crippen LogP contribution in [0.1, 0.15) is 30.3 Å². The van der Waals surface area contributed by atoms with E-state index in [1.165, 1.54) is 4.88 Å². The third kappa shape index (κ3) is 4.18. The second-order valence-electron chi connectivity index (χ2n) is 5.11. The molecule has 2 nitrogen and oxygen atoms in total. The molecule has 1 heterocycles. The standard InChI is InChI=1S/C16H18BrNOS/c1-11(2)16(14-4-3-9-20-14)18-15(19)10-12-5-7-13(17)8-6-12/h3-9,11,16H,10H2,1-2H3,(H,18,19)/t16-/m0/s1. The third-order valence-corrected chi connectivity index (χ3v) is 4.59. The maximum atomic E-state index is 12.2. The monoisotopic (exact) mass is 351 g/mol. The van der Waals surface area contributed by atoms with Gasteiger partial charge in [0.15, 0.2) is 0 Å². The zero-order valence-electron chi connectivity index (χ0n) is 11.6. The van der Waals surface area contributed by atoms with Gasteiger partial charge in [-0.2, -0.15) is 0 Å². The Morgan fingerprint density at radius 1 is 1.25 bits per heavy atom. The van der Waals surface area contributed by atoms with Crippen LogP contribution in [0.4, 0.5) is 0 Å². The van der Waals surface area contributed by atoms with E-state index in [0.717, 1.165) is 10.0 Å². The summed E-state index contributed by atoms with van der Waals surface area (Å²) in [6.07, 6.45) is 0.419. The molecule has 4 heteroatoms. The average molecular weight is 352 g/mol. The molecule has 2 rings (SSSR count). The Hall–Kier alpha value is -1.13. The van der Waals surface area contributed by atoms with Crippen molar-refractivity contribution in [3.05, 3.63) is 56.7 Å². The van der Waals surface area contributed by atoms with Gasteiger partial charge >= 0.3 is 0 Å². The van der Waals surface area contributed by atoms with Crippen molar-refractivity contribution >= 4 is 33.2 Å². The summed E-state index contributed by atoms with van der Waals surface area (Å²) in [6, 6.07) is 12.1. The van der Waals surface area contributed by atoms with Gasteiger partial charge in [-0.05, 0) is 35.1 Å². The van der Waals surface area contributed by atoms with Crippen LogP contribution >= 0.6 is 27.3 Å². The third-order valence-electron chi connectivity index (χ3n) is 3.11. The molecule has 0 spiro atoms. The molecule has 0 radical (unpaired) electrons. The Bertz CT molecular complexity index is 548. The van der Waals surface area contributed by atoms with Gasteiger partial charge in [-0.15, -0.1) is 11.3 Å². The lowest BCUT2D eigenvalue weighted by atomic mass is 10.0. The Balaban J connectivity index is 2.00. The molecule has 0 fully saturated rings. The summed E-state index contributed by atoms with van der Waals surface area (Å²) in [4.78, 5) is 13.4. The molecule has 0 bridgehead atoms. The van der Waals surface area contributed by atoms with E-state index in [9.17, 15) is 4.79 Å². The number of rotatable bonds is 5. The zero-order chi connectivity index (χ0) is 14.5. The maximum Gasteiger partial charge on any atom is 0.224 e. The summed E-state index contributed by atoms with van der Waals surface area (Å²) >= 11 is 5.09. The fourth-order valence-corrected chi connectivity index (χ4v) is 3.26. The Kier molecular flexibility index (Phi) is 5.38. The number of hydrogen-bond donors (Lipinski definition) is 1. The Morgan fingerprint density at radius 2 is 1.95 bits per heavy atom. The predicted molar refractivity (Wildman–Crippen MR) is 87.9 cm³/mol. The number of hydrogen-bond acceptors (Lipinski definition) is 2. The molecule has 1 aromatic heterocycles. The van der Waals surface area contributed by atoms with Gasteiger partial charge in [0.2, 0.25) is 5.91 Å². The molecule has 0 aliphatic rings. The Labute approximate surface area is 132 Å². The molecule has 0 saturated carbocycles. The first-order chi connectivity index (χ1) is 9.56. The van der Waals surface area contributed by atoms with E-state index < -0.39 is 0 Å². The first-order valence-corrected chi connectivity index (χ1v) is 8.30. The lowest BCUT2D eigenvalue weighted by Gasteiger charge is -2.21. The van der Waals surface area contributed by atoms with Crippen LogP contribution in [-0.4, -0.2) is 5.91 Å². The number of carbonyl (C=O) groups is 1. The van der Waals surface area contributed by atoms with Crippen molar-refractivity contribution in [2.24, 2.45) is 5.92 Å². The quantitative estimate of drug-likeness (QED) is 0.839. The fourth-order valence-electron chi connectivity index (χ4n) is 2.05. The van der Waals surface area contributed by atoms with Crippen molar-refractivity contribution in [2.75, 3.05) is 0 Å². The Morgan fingerprint density at radius 3 is 2.50 bits per heavy atom. The van der Waals surface area contributed by atoms with E-state index in [1.807, 2.05) is 35.7 Å². The number of carbonyl (C=O) groups excluding carboxylic acids is 1. The van der Waals surface area contributed by atoms with Crippen molar-refractivity contribution in [3.63, 3.8) is 0 Å². The normalized spacial score (nSPS) is 12.4. The van der Waals surface area contributed by atoms with Crippen LogP contribution in [0, 0.1) is 5.92 Å². The number of halogens is 1. The predicted octanol–water partition coefficient (Wildman–Crippen LogP) is 4.57. The molecule has 20 heavy (non-hydrogen) atoms. The molecular weight excluding hydrogens is 334 g/mol. The minimum atomic E-state index is 0.0689. The van der Waals surface area contributed by atoms with Gasteiger partial charge in [-0.1, -0.05) is 48.0 Å². The number of nitrogens with one attached hydrogen (secondary N) is 1. The molecule has 0 aliphatic carbocycles. The molecular formula is C16H18BrNOS. The van der Waals surface area contributed by atoms with Crippen LogP contribution in [-0.2, 0) is 11.2 Å². The first kappa shape index (κ1) is 15.3. The minimum absolute atomic E-state index is 0.0689. The number of amides is 1. The number of benzene rings is 1. The van der Waals surface area contributed by atoms with Gasteiger partial charge in [0, 0.05) is 9.35 Å². The van der Waals surface area contributed by atoms with Crippen LogP contribution in [0.15, 0.2) is 46.3 Å². The van der Waals surface area contributed by atoms with Gasteiger partial charge in [0.1, 0.15) is 0 Å². The van der Waals surface area contributed by atoms with Gasteiger partial charge in [0.05, 0.1) is 12.5 Å². The van der Waals surface area contributed by atoms with Gasteiger partial charge in [0.25, 0.3) is 0 Å². The smallest absolute Gasteiger partial charge is 0.224 e. The molecule has 0 aliphatic heterocycles. The molecule has 1 atom stereocenters. The molecule has 1 amide bonds. The fraction of sp³-hybridized carbons (Fsp3) is 0.312. The highest BCUT2D eigenvalue weighted by molar-refractivity contribution is 9.10. The zero-order valence-corrected chi connectivity index (χ0v) is 14.0.